The zero-order valence-electron chi connectivity index (χ0n) is 26.7. The zero-order valence-corrected chi connectivity index (χ0v) is 26.7. The summed E-state index contributed by atoms with van der Waals surface area (Å²) in [5, 5.41) is 11.4. The number of nitrogens with two attached hydrogens (primary N) is 1. The van der Waals surface area contributed by atoms with Crippen LogP contribution in [0.15, 0.2) is 36.4 Å². The molecule has 0 saturated heterocycles. The Kier molecular flexibility index (Phi) is 15.9. The summed E-state index contributed by atoms with van der Waals surface area (Å²) in [5.41, 5.74) is 6.79. The zero-order chi connectivity index (χ0) is 33.4. The summed E-state index contributed by atoms with van der Waals surface area (Å²) in [6.07, 6.45) is 5.30. The van der Waals surface area contributed by atoms with Gasteiger partial charge in [-0.25, -0.2) is 0 Å². The highest BCUT2D eigenvalue weighted by atomic mass is 16.5. The third-order valence-electron chi connectivity index (χ3n) is 7.15. The van der Waals surface area contributed by atoms with Gasteiger partial charge < -0.3 is 31.7 Å². The summed E-state index contributed by atoms with van der Waals surface area (Å²) < 4.78 is 5.24. The van der Waals surface area contributed by atoms with Crippen LogP contribution in [0.5, 0.6) is 0 Å². The third kappa shape index (κ3) is 13.2. The van der Waals surface area contributed by atoms with E-state index in [9.17, 15) is 28.8 Å². The van der Waals surface area contributed by atoms with Crippen LogP contribution in [0.3, 0.4) is 0 Å². The largest absolute Gasteiger partial charge is 0.461 e. The topological polar surface area (TPSA) is 189 Å². The molecule has 13 heteroatoms. The molecular formula is C32H48N6O7. The number of carbonyl (C=O) groups is 6. The molecule has 1 aromatic carbocycles. The molecule has 2 atom stereocenters. The van der Waals surface area contributed by atoms with E-state index in [0.29, 0.717) is 50.9 Å². The molecule has 13 nitrogen and oxygen atoms in total. The molecule has 0 radical (unpaired) electrons. The lowest BCUT2D eigenvalue weighted by atomic mass is 10.0. The molecule has 1 aliphatic rings. The lowest BCUT2D eigenvalue weighted by Gasteiger charge is -2.25. The lowest BCUT2D eigenvalue weighted by Crippen LogP contribution is -2.54. The summed E-state index contributed by atoms with van der Waals surface area (Å²) in [7, 11) is 0. The predicted octanol–water partition coefficient (Wildman–Crippen LogP) is 1.72. The molecular weight excluding hydrogens is 580 g/mol. The molecule has 1 heterocycles. The van der Waals surface area contributed by atoms with Crippen molar-refractivity contribution in [1.82, 2.24) is 20.9 Å². The third-order valence-corrected chi connectivity index (χ3v) is 7.15. The van der Waals surface area contributed by atoms with Crippen molar-refractivity contribution in [2.24, 2.45) is 17.6 Å². The van der Waals surface area contributed by atoms with Crippen LogP contribution in [0, 0.1) is 11.8 Å². The van der Waals surface area contributed by atoms with Gasteiger partial charge in [0.1, 0.15) is 18.7 Å². The highest BCUT2D eigenvalue weighted by Crippen LogP contribution is 2.14. The van der Waals surface area contributed by atoms with E-state index in [1.165, 1.54) is 17.1 Å². The Bertz CT molecular complexity index is 1180. The number of hydrogen-bond acceptors (Lipinski definition) is 9. The van der Waals surface area contributed by atoms with Crippen molar-refractivity contribution in [3.63, 3.8) is 0 Å². The fourth-order valence-electron chi connectivity index (χ4n) is 4.46. The number of nitrogens with one attached hydrogen (secondary N) is 4. The van der Waals surface area contributed by atoms with Gasteiger partial charge in [0.15, 0.2) is 0 Å². The summed E-state index contributed by atoms with van der Waals surface area (Å²) >= 11 is 0. The van der Waals surface area contributed by atoms with Crippen molar-refractivity contribution >= 4 is 41.2 Å². The van der Waals surface area contributed by atoms with Crippen LogP contribution in [0.1, 0.15) is 71.8 Å². The van der Waals surface area contributed by atoms with Crippen LogP contribution in [0.4, 0.5) is 5.69 Å². The van der Waals surface area contributed by atoms with Crippen molar-refractivity contribution in [2.45, 2.75) is 84.9 Å². The molecule has 0 saturated carbocycles. The SMILES string of the molecule is CC(C)C(=O)OCc1ccc(NC(=O)[C@H](CCCNCN)NC(=O)[C@@H](NC(=O)CCCCCN2C(=O)C=CC2=O)C(C)C)cc1. The van der Waals surface area contributed by atoms with Gasteiger partial charge in [-0.05, 0) is 55.8 Å². The molecule has 0 spiro atoms. The second kappa shape index (κ2) is 19.3. The number of imide groups is 1. The summed E-state index contributed by atoms with van der Waals surface area (Å²) in [5.74, 6) is -2.60. The van der Waals surface area contributed by atoms with Crippen LogP contribution in [-0.2, 0) is 40.1 Å². The highest BCUT2D eigenvalue weighted by molar-refractivity contribution is 6.12. The monoisotopic (exact) mass is 628 g/mol. The Balaban J connectivity index is 1.92. The van der Waals surface area contributed by atoms with E-state index in [4.69, 9.17) is 10.5 Å². The minimum Gasteiger partial charge on any atom is -0.461 e. The summed E-state index contributed by atoms with van der Waals surface area (Å²) in [6.45, 7) is 8.40. The van der Waals surface area contributed by atoms with E-state index < -0.39 is 23.9 Å². The van der Waals surface area contributed by atoms with Gasteiger partial charge in [0.25, 0.3) is 11.8 Å². The molecule has 0 fully saturated rings. The van der Waals surface area contributed by atoms with E-state index >= 15 is 0 Å². The van der Waals surface area contributed by atoms with Crippen molar-refractivity contribution in [1.29, 1.82) is 0 Å². The first kappa shape index (κ1) is 37.1. The molecule has 1 aliphatic heterocycles. The smallest absolute Gasteiger partial charge is 0.308 e. The van der Waals surface area contributed by atoms with Gasteiger partial charge in [0.2, 0.25) is 17.7 Å². The minimum absolute atomic E-state index is 0.124. The molecule has 0 unspecified atom stereocenters. The normalized spacial score (nSPS) is 14.1. The average molecular weight is 629 g/mol. The average Bonchev–Trinajstić information content (AvgIpc) is 3.32. The van der Waals surface area contributed by atoms with Gasteiger partial charge in [-0.1, -0.05) is 46.2 Å². The first-order valence-electron chi connectivity index (χ1n) is 15.5. The highest BCUT2D eigenvalue weighted by Gasteiger charge is 2.29. The van der Waals surface area contributed by atoms with Crippen molar-refractivity contribution in [2.75, 3.05) is 25.1 Å². The second-order valence-corrected chi connectivity index (χ2v) is 11.6. The van der Waals surface area contributed by atoms with Crippen LogP contribution < -0.4 is 27.0 Å². The second-order valence-electron chi connectivity index (χ2n) is 11.6. The molecule has 0 aromatic heterocycles. The van der Waals surface area contributed by atoms with Crippen molar-refractivity contribution in [3.05, 3.63) is 42.0 Å². The van der Waals surface area contributed by atoms with E-state index in [2.05, 4.69) is 21.3 Å². The van der Waals surface area contributed by atoms with Gasteiger partial charge in [-0.3, -0.25) is 33.7 Å². The summed E-state index contributed by atoms with van der Waals surface area (Å²) in [4.78, 5) is 75.5. The first-order chi connectivity index (χ1) is 21.4. The number of hydrogen-bond donors (Lipinski definition) is 5. The lowest BCUT2D eigenvalue weighted by molar-refractivity contribution is -0.148. The maximum atomic E-state index is 13.3. The van der Waals surface area contributed by atoms with Crippen LogP contribution in [-0.4, -0.2) is 72.2 Å². The molecule has 248 valence electrons. The van der Waals surface area contributed by atoms with Gasteiger partial charge in [0.05, 0.1) is 5.92 Å². The molecule has 0 aliphatic carbocycles. The maximum Gasteiger partial charge on any atom is 0.308 e. The van der Waals surface area contributed by atoms with Gasteiger partial charge in [0, 0.05) is 37.5 Å². The van der Waals surface area contributed by atoms with Gasteiger partial charge in [-0.15, -0.1) is 0 Å². The Morgan fingerprint density at radius 2 is 1.53 bits per heavy atom. The molecule has 1 aromatic rings. The summed E-state index contributed by atoms with van der Waals surface area (Å²) in [6, 6.07) is 5.16. The van der Waals surface area contributed by atoms with Gasteiger partial charge in [-0.2, -0.15) is 0 Å². The number of amides is 5. The number of carbonyl (C=O) groups excluding carboxylic acids is 6. The van der Waals surface area contributed by atoms with Crippen molar-refractivity contribution in [3.8, 4) is 0 Å². The first-order valence-corrected chi connectivity index (χ1v) is 15.5. The molecule has 0 bridgehead atoms. The maximum absolute atomic E-state index is 13.3. The Morgan fingerprint density at radius 3 is 2.13 bits per heavy atom. The minimum atomic E-state index is -0.868. The number of rotatable bonds is 20. The number of unbranched alkanes of at least 4 members (excludes halogenated alkanes) is 2. The number of esters is 1. The van der Waals surface area contributed by atoms with E-state index in [0.717, 1.165) is 5.56 Å². The Morgan fingerprint density at radius 1 is 0.867 bits per heavy atom. The fraction of sp³-hybridized carbons (Fsp3) is 0.562. The van der Waals surface area contributed by atoms with Gasteiger partial charge >= 0.3 is 5.97 Å². The number of anilines is 1. The molecule has 45 heavy (non-hydrogen) atoms. The fourth-order valence-corrected chi connectivity index (χ4v) is 4.46. The van der Waals surface area contributed by atoms with Crippen LogP contribution in [0.25, 0.3) is 0 Å². The van der Waals surface area contributed by atoms with Crippen molar-refractivity contribution < 1.29 is 33.5 Å². The Labute approximate surface area is 265 Å². The Hall–Kier alpha value is -4.10. The molecule has 5 amide bonds. The molecule has 6 N–H and O–H groups in total. The number of benzene rings is 1. The standard InChI is InChI=1S/C32H48N6O7/c1-21(2)29(37-26(39)10-6-5-7-18-38-27(40)15-16-28(38)41)31(43)36-25(9-8-17-34-20-33)30(42)35-24-13-11-23(12-14-24)19-45-32(44)22(3)4/h11-16,21-22,25,29,34H,5-10,17-20,33H2,1-4H3,(H,35,42)(H,36,43)(H,37,39)/t25-,29-/m0/s1. The van der Waals surface area contributed by atoms with E-state index in [1.54, 1.807) is 38.1 Å². The van der Waals surface area contributed by atoms with Crippen LogP contribution >= 0.6 is 0 Å². The van der Waals surface area contributed by atoms with E-state index in [-0.39, 0.29) is 55.2 Å². The van der Waals surface area contributed by atoms with Crippen LogP contribution in [0.2, 0.25) is 0 Å². The molecule has 2 rings (SSSR count). The number of nitrogens with zero attached hydrogens (tertiary/aromatic N) is 1. The predicted molar refractivity (Wildman–Crippen MR) is 169 cm³/mol. The van der Waals surface area contributed by atoms with E-state index in [1.807, 2.05) is 13.8 Å². The quantitative estimate of drug-likeness (QED) is 0.0620. The number of ether oxygens (including phenoxy) is 1.